The van der Waals surface area contributed by atoms with Gasteiger partial charge in [-0.2, -0.15) is 0 Å². The van der Waals surface area contributed by atoms with E-state index in [-0.39, 0.29) is 22.2 Å². The topological polar surface area (TPSA) is 102 Å². The Morgan fingerprint density at radius 3 is 2.48 bits per heavy atom. The molecule has 2 aromatic carbocycles. The largest absolute Gasteiger partial charge is 0.465 e. The number of carbonyl (C=O) groups excluding carboxylic acids is 2. The summed E-state index contributed by atoms with van der Waals surface area (Å²) in [5, 5.41) is 5.80. The third kappa shape index (κ3) is 5.17. The molecule has 1 saturated heterocycles. The van der Waals surface area contributed by atoms with E-state index in [1.54, 1.807) is 31.2 Å². The molecule has 1 fully saturated rings. The molecule has 2 amide bonds. The Morgan fingerprint density at radius 2 is 1.87 bits per heavy atom. The van der Waals surface area contributed by atoms with E-state index in [1.807, 2.05) is 0 Å². The van der Waals surface area contributed by atoms with Crippen LogP contribution in [0.3, 0.4) is 0 Å². The summed E-state index contributed by atoms with van der Waals surface area (Å²) in [5.41, 5.74) is 0.327. The van der Waals surface area contributed by atoms with Crippen molar-refractivity contribution >= 4 is 45.0 Å². The highest BCUT2D eigenvalue weighted by Crippen LogP contribution is 2.33. The number of sulfone groups is 1. The Balaban J connectivity index is 2.10. The number of benzene rings is 2. The first-order valence-electron chi connectivity index (χ1n) is 9.03. The first-order valence-corrected chi connectivity index (χ1v) is 11.3. The second kappa shape index (κ2) is 9.25. The molecule has 11 heteroatoms. The zero-order valence-corrected chi connectivity index (χ0v) is 18.4. The summed E-state index contributed by atoms with van der Waals surface area (Å²) in [7, 11) is -4.20. The van der Waals surface area contributed by atoms with Crippen molar-refractivity contribution in [3.05, 3.63) is 75.0 Å². The van der Waals surface area contributed by atoms with Crippen molar-refractivity contribution in [1.29, 1.82) is 0 Å². The van der Waals surface area contributed by atoms with Crippen LogP contribution in [0.4, 0.5) is 9.18 Å². The minimum atomic E-state index is -4.20. The normalized spacial score (nSPS) is 20.1. The molecule has 164 valence electrons. The van der Waals surface area contributed by atoms with Crippen LogP contribution >= 0.6 is 23.2 Å². The van der Waals surface area contributed by atoms with Crippen molar-refractivity contribution < 1.29 is 27.1 Å². The highest BCUT2D eigenvalue weighted by atomic mass is 35.5. The number of carbonyl (C=O) groups is 2. The van der Waals surface area contributed by atoms with E-state index in [1.165, 1.54) is 0 Å². The van der Waals surface area contributed by atoms with Gasteiger partial charge in [-0.15, -0.1) is 0 Å². The maximum Gasteiger partial charge on any atom is 0.319 e. The number of urea groups is 1. The lowest BCUT2D eigenvalue weighted by molar-refractivity contribution is -0.147. The first kappa shape index (κ1) is 23.1. The van der Waals surface area contributed by atoms with Crippen molar-refractivity contribution in [2.24, 2.45) is 5.92 Å². The average Bonchev–Trinajstić information content (AvgIpc) is 2.70. The molecule has 7 nitrogen and oxygen atoms in total. The van der Waals surface area contributed by atoms with Crippen LogP contribution in [0.5, 0.6) is 0 Å². The van der Waals surface area contributed by atoms with Gasteiger partial charge in [0.1, 0.15) is 11.7 Å². The maximum absolute atomic E-state index is 13.4. The Bertz CT molecular complexity index is 1150. The zero-order chi connectivity index (χ0) is 22.8. The van der Waals surface area contributed by atoms with Gasteiger partial charge in [0.15, 0.2) is 0 Å². The highest BCUT2D eigenvalue weighted by Gasteiger charge is 2.40. The number of halogens is 3. The van der Waals surface area contributed by atoms with Crippen LogP contribution in [-0.2, 0) is 19.4 Å². The van der Waals surface area contributed by atoms with Gasteiger partial charge >= 0.3 is 12.0 Å². The summed E-state index contributed by atoms with van der Waals surface area (Å²) in [6.07, 6.45) is 0. The van der Waals surface area contributed by atoms with E-state index < -0.39 is 39.6 Å². The monoisotopic (exact) mass is 486 g/mol. The molecule has 0 aliphatic carbocycles. The van der Waals surface area contributed by atoms with Crippen LogP contribution in [0.1, 0.15) is 18.5 Å². The molecule has 2 N–H and O–H groups in total. The minimum absolute atomic E-state index is 0.0459. The van der Waals surface area contributed by atoms with Gasteiger partial charge in [0.2, 0.25) is 9.84 Å². The van der Waals surface area contributed by atoms with E-state index in [9.17, 15) is 22.4 Å². The van der Waals surface area contributed by atoms with Gasteiger partial charge in [0.25, 0.3) is 0 Å². The summed E-state index contributed by atoms with van der Waals surface area (Å²) in [6.45, 7) is 1.65. The Hall–Kier alpha value is -2.62. The Kier molecular flexibility index (Phi) is 6.88. The van der Waals surface area contributed by atoms with E-state index in [2.05, 4.69) is 10.6 Å². The van der Waals surface area contributed by atoms with Gasteiger partial charge in [0, 0.05) is 10.7 Å². The highest BCUT2D eigenvalue weighted by molar-refractivity contribution is 7.94. The second-order valence-electron chi connectivity index (χ2n) is 6.55. The van der Waals surface area contributed by atoms with Crippen LogP contribution < -0.4 is 10.6 Å². The van der Waals surface area contributed by atoms with Gasteiger partial charge in [-0.3, -0.25) is 4.79 Å². The summed E-state index contributed by atoms with van der Waals surface area (Å²) in [4.78, 5) is 24.7. The van der Waals surface area contributed by atoms with Crippen molar-refractivity contribution in [2.45, 2.75) is 17.9 Å². The second-order valence-corrected chi connectivity index (χ2v) is 9.19. The predicted octanol–water partition coefficient (Wildman–Crippen LogP) is 3.98. The molecule has 1 heterocycles. The molecule has 1 aliphatic heterocycles. The van der Waals surface area contributed by atoms with Crippen LogP contribution in [0.2, 0.25) is 10.0 Å². The Labute approximate surface area is 188 Å². The van der Waals surface area contributed by atoms with E-state index in [4.69, 9.17) is 27.9 Å². The van der Waals surface area contributed by atoms with E-state index in [0.717, 1.165) is 23.6 Å². The van der Waals surface area contributed by atoms with Gasteiger partial charge < -0.3 is 15.4 Å². The van der Waals surface area contributed by atoms with Crippen LogP contribution in [0, 0.1) is 11.7 Å². The lowest BCUT2D eigenvalue weighted by Gasteiger charge is -2.33. The van der Waals surface area contributed by atoms with Crippen molar-refractivity contribution in [3.8, 4) is 0 Å². The average molecular weight is 487 g/mol. The summed E-state index contributed by atoms with van der Waals surface area (Å²) >= 11 is 11.6. The van der Waals surface area contributed by atoms with Gasteiger partial charge in [-0.1, -0.05) is 35.3 Å². The molecule has 0 spiro atoms. The van der Waals surface area contributed by atoms with Gasteiger partial charge in [-0.05, 0) is 42.8 Å². The number of ether oxygens (including phenoxy) is 1. The Morgan fingerprint density at radius 1 is 1.19 bits per heavy atom. The van der Waals surface area contributed by atoms with E-state index >= 15 is 0 Å². The predicted molar refractivity (Wildman–Crippen MR) is 113 cm³/mol. The maximum atomic E-state index is 13.4. The number of hydrogen-bond donors (Lipinski definition) is 2. The fraction of sp³-hybridized carbons (Fsp3) is 0.200. The molecule has 1 aliphatic rings. The fourth-order valence-corrected chi connectivity index (χ4v) is 4.67. The number of hydrogen-bond acceptors (Lipinski definition) is 5. The molecule has 3 rings (SSSR count). The molecule has 0 saturated carbocycles. The molecule has 0 aromatic heterocycles. The number of esters is 1. The number of nitrogens with one attached hydrogen (secondary N) is 2. The standard InChI is InChI=1S/C20H17Cl2FN2O5S/c1-2-30-19(26)17-16(10-31(28,29)13-7-8-15(23)14(22)9-13)24-20(27)25-18(17)11-3-5-12(21)6-4-11/h3-10,17-18H,2H2,1H3,(H2,24,25,27)/b16-10+/t17-,18-/m0/s1. The summed E-state index contributed by atoms with van der Waals surface area (Å²) in [6, 6.07) is 7.64. The molecular formula is C20H17Cl2FN2O5S. The molecular weight excluding hydrogens is 470 g/mol. The third-order valence-corrected chi connectivity index (χ3v) is 6.50. The third-order valence-electron chi connectivity index (χ3n) is 4.48. The smallest absolute Gasteiger partial charge is 0.319 e. The quantitative estimate of drug-likeness (QED) is 0.491. The van der Waals surface area contributed by atoms with E-state index in [0.29, 0.717) is 10.6 Å². The van der Waals surface area contributed by atoms with Crippen molar-refractivity contribution in [2.75, 3.05) is 6.61 Å². The van der Waals surface area contributed by atoms with Crippen LogP contribution in [-0.4, -0.2) is 27.0 Å². The lowest BCUT2D eigenvalue weighted by atomic mass is 9.89. The van der Waals surface area contributed by atoms with Gasteiger partial charge in [-0.25, -0.2) is 17.6 Å². The molecule has 2 atom stereocenters. The number of amides is 2. The van der Waals surface area contributed by atoms with Crippen LogP contribution in [0.25, 0.3) is 0 Å². The SMILES string of the molecule is CCOC(=O)[C@H]1/C(=C\S(=O)(=O)c2ccc(F)c(Cl)c2)NC(=O)N[C@H]1c1ccc(Cl)cc1. The first-order chi connectivity index (χ1) is 14.6. The lowest BCUT2D eigenvalue weighted by Crippen LogP contribution is -2.51. The fourth-order valence-electron chi connectivity index (χ4n) is 3.08. The zero-order valence-electron chi connectivity index (χ0n) is 16.1. The molecule has 31 heavy (non-hydrogen) atoms. The van der Waals surface area contributed by atoms with Gasteiger partial charge in [0.05, 0.1) is 28.0 Å². The molecule has 0 unspecified atom stereocenters. The minimum Gasteiger partial charge on any atom is -0.465 e. The van der Waals surface area contributed by atoms with Crippen molar-refractivity contribution in [1.82, 2.24) is 10.6 Å². The molecule has 0 radical (unpaired) electrons. The molecule has 2 aromatic rings. The summed E-state index contributed by atoms with van der Waals surface area (Å²) < 4.78 is 44.3. The molecule has 0 bridgehead atoms. The number of rotatable bonds is 5. The van der Waals surface area contributed by atoms with Crippen molar-refractivity contribution in [3.63, 3.8) is 0 Å². The summed E-state index contributed by atoms with van der Waals surface area (Å²) in [5.74, 6) is -2.71. The van der Waals surface area contributed by atoms with Crippen LogP contribution in [0.15, 0.2) is 58.5 Å².